The van der Waals surface area contributed by atoms with Crippen LogP contribution in [0.3, 0.4) is 0 Å². The molecule has 18 heteroatoms. The van der Waals surface area contributed by atoms with Gasteiger partial charge in [-0.15, -0.1) is 0 Å². The number of hydrogen-bond acceptors (Lipinski definition) is 8. The number of hydrogen-bond donors (Lipinski definition) is 0. The van der Waals surface area contributed by atoms with Crippen molar-refractivity contribution < 1.29 is 54.4 Å². The monoisotopic (exact) mass is 602 g/mol. The molecule has 1 aromatic carbocycles. The van der Waals surface area contributed by atoms with Crippen molar-refractivity contribution in [2.75, 3.05) is 60.8 Å². The fourth-order valence-corrected chi connectivity index (χ4v) is 3.97. The summed E-state index contributed by atoms with van der Waals surface area (Å²) in [6.07, 6.45) is 8.17. The van der Waals surface area contributed by atoms with Crippen molar-refractivity contribution in [2.45, 2.75) is 6.92 Å². The minimum atomic E-state index is -3.67. The Bertz CT molecular complexity index is 925. The zero-order valence-electron chi connectivity index (χ0n) is 23.0. The van der Waals surface area contributed by atoms with Crippen LogP contribution in [-0.2, 0) is 9.47 Å². The van der Waals surface area contributed by atoms with Gasteiger partial charge in [-0.2, -0.15) is 0 Å². The van der Waals surface area contributed by atoms with E-state index in [1.807, 2.05) is 26.5 Å². The Kier molecular flexibility index (Phi) is 19.0. The Labute approximate surface area is 234 Å². The van der Waals surface area contributed by atoms with E-state index in [4.69, 9.17) is 9.47 Å². The number of Topliss-reactive ketones (excluding diaryl/α,β-unsaturated/α-hetero) is 1. The molecule has 0 amide bonds. The molecule has 2 aliphatic heterocycles. The molecule has 0 bridgehead atoms. The lowest BCUT2D eigenvalue weighted by atomic mass is 9.88. The summed E-state index contributed by atoms with van der Waals surface area (Å²) in [6.45, 7) is 5.10. The van der Waals surface area contributed by atoms with Crippen molar-refractivity contribution >= 4 is 26.8 Å². The molecule has 0 radical (unpaired) electrons. The molecular formula is C23H32B2F8N4O4-2. The zero-order valence-corrected chi connectivity index (χ0v) is 23.0. The van der Waals surface area contributed by atoms with E-state index in [0.717, 1.165) is 13.3 Å². The average Bonchev–Trinajstić information content (AvgIpc) is 3.43. The van der Waals surface area contributed by atoms with Crippen LogP contribution in [0.5, 0.6) is 0 Å². The smallest absolute Gasteiger partial charge is 0.762 e. The lowest BCUT2D eigenvalue weighted by molar-refractivity contribution is -0.0250. The Hall–Kier alpha value is -3.43. The van der Waals surface area contributed by atoms with E-state index in [0.29, 0.717) is 30.8 Å². The molecule has 0 saturated carbocycles. The highest BCUT2D eigenvalue weighted by molar-refractivity contribution is 6.33. The third-order valence-electron chi connectivity index (χ3n) is 5.44. The summed E-state index contributed by atoms with van der Waals surface area (Å²) < 4.78 is 69.4. The van der Waals surface area contributed by atoms with Crippen LogP contribution in [0.2, 0.25) is 0 Å². The molecule has 1 aromatic rings. The molecule has 0 aliphatic carbocycles. The molecule has 3 rings (SSSR count). The number of benzene rings is 1. The van der Waals surface area contributed by atoms with Crippen molar-refractivity contribution in [1.29, 1.82) is 0 Å². The summed E-state index contributed by atoms with van der Waals surface area (Å²) in [5.41, 5.74) is 0.576. The van der Waals surface area contributed by atoms with Gasteiger partial charge in [-0.25, -0.2) is 4.79 Å². The molecule has 232 valence electrons. The molecule has 0 unspecified atom stereocenters. The predicted molar refractivity (Wildman–Crippen MR) is 136 cm³/mol. The Morgan fingerprint density at radius 3 is 1.49 bits per heavy atom. The van der Waals surface area contributed by atoms with Gasteiger partial charge in [-0.05, 0) is 19.1 Å². The van der Waals surface area contributed by atoms with Gasteiger partial charge in [0.25, 0.3) is 0 Å². The summed E-state index contributed by atoms with van der Waals surface area (Å²) in [7, 11) is -1.61. The molecular weight excluding hydrogens is 570 g/mol. The summed E-state index contributed by atoms with van der Waals surface area (Å²) in [5, 5.41) is 0. The van der Waals surface area contributed by atoms with Crippen molar-refractivity contribution in [3.63, 3.8) is 0 Å². The van der Waals surface area contributed by atoms with Gasteiger partial charge in [0.2, 0.25) is 0 Å². The SMILES string of the molecule is COCC(COC(=O)c1ccc(C(C)=O)cc1)(CN1C=CN(C)C1)CN1C=CN(C)C1.FB(F)F.FB(F)F.[F-].[F-]. The van der Waals surface area contributed by atoms with E-state index in [9.17, 15) is 35.5 Å². The molecule has 0 fully saturated rings. The minimum absolute atomic E-state index is 0. The van der Waals surface area contributed by atoms with E-state index in [2.05, 4.69) is 32.0 Å². The summed E-state index contributed by atoms with van der Waals surface area (Å²) in [4.78, 5) is 32.8. The average molecular weight is 602 g/mol. The molecule has 0 spiro atoms. The number of esters is 1. The van der Waals surface area contributed by atoms with Gasteiger partial charge in [-0.3, -0.25) is 30.7 Å². The minimum Gasteiger partial charge on any atom is -1.00 e. The fourth-order valence-electron chi connectivity index (χ4n) is 3.97. The maximum Gasteiger partial charge on any atom is 0.762 e. The lowest BCUT2D eigenvalue weighted by Gasteiger charge is -2.39. The summed E-state index contributed by atoms with van der Waals surface area (Å²) >= 11 is 0. The first-order chi connectivity index (χ1) is 18.3. The van der Waals surface area contributed by atoms with Crippen molar-refractivity contribution in [3.05, 3.63) is 60.2 Å². The zero-order chi connectivity index (χ0) is 29.6. The number of nitrogens with zero attached hydrogens (tertiary/aromatic N) is 4. The van der Waals surface area contributed by atoms with Gasteiger partial charge in [0, 0.05) is 64.7 Å². The predicted octanol–water partition coefficient (Wildman–Crippen LogP) is -2.20. The highest BCUT2D eigenvalue weighted by Crippen LogP contribution is 2.26. The van der Waals surface area contributed by atoms with Gasteiger partial charge in [0.1, 0.15) is 6.61 Å². The first kappa shape index (κ1) is 39.7. The third-order valence-corrected chi connectivity index (χ3v) is 5.44. The molecule has 8 nitrogen and oxygen atoms in total. The van der Waals surface area contributed by atoms with Crippen molar-refractivity contribution in [3.8, 4) is 0 Å². The molecule has 0 aromatic heterocycles. The second-order valence-electron chi connectivity index (χ2n) is 9.02. The Balaban J connectivity index is 0. The number of carbonyl (C=O) groups is 2. The summed E-state index contributed by atoms with van der Waals surface area (Å²) in [5.74, 6) is -0.440. The standard InChI is InChI=1S/C23H32N4O4.2BF3.2FH/c1-19(28)20-5-7-21(8-6-20)22(29)31-16-23(15-30-4,13-26-11-9-24(2)17-26)14-27-12-10-25(3)18-27;2*2-1(3)4;;/h5-12H,13-18H2,1-4H3;;;2*1H/p-2. The number of carbonyl (C=O) groups excluding carboxylic acids is 2. The van der Waals surface area contributed by atoms with Gasteiger partial charge in [0.15, 0.2) is 5.78 Å². The molecule has 2 aliphatic rings. The first-order valence-corrected chi connectivity index (χ1v) is 11.6. The van der Waals surface area contributed by atoms with Crippen LogP contribution >= 0.6 is 0 Å². The lowest BCUT2D eigenvalue weighted by Crippen LogP contribution is -3.00. The highest BCUT2D eigenvalue weighted by Gasteiger charge is 2.37. The van der Waals surface area contributed by atoms with Crippen LogP contribution in [0.15, 0.2) is 49.1 Å². The molecule has 0 saturated heterocycles. The number of halogens is 8. The van der Waals surface area contributed by atoms with E-state index in [1.54, 1.807) is 31.4 Å². The molecule has 0 N–H and O–H groups in total. The Morgan fingerprint density at radius 1 is 0.780 bits per heavy atom. The van der Waals surface area contributed by atoms with Gasteiger partial charge >= 0.3 is 21.1 Å². The molecule has 41 heavy (non-hydrogen) atoms. The normalized spacial score (nSPS) is 13.3. The van der Waals surface area contributed by atoms with Gasteiger partial charge in [0.05, 0.1) is 30.9 Å². The number of methoxy groups -OCH3 is 1. The van der Waals surface area contributed by atoms with E-state index in [1.165, 1.54) is 6.92 Å². The first-order valence-electron chi connectivity index (χ1n) is 11.6. The quantitative estimate of drug-likeness (QED) is 0.130. The van der Waals surface area contributed by atoms with E-state index in [-0.39, 0.29) is 21.8 Å². The van der Waals surface area contributed by atoms with Crippen LogP contribution in [-0.4, -0.2) is 107 Å². The second-order valence-corrected chi connectivity index (χ2v) is 9.02. The number of ketones is 1. The summed E-state index contributed by atoms with van der Waals surface area (Å²) in [6, 6.07) is 6.56. The molecule has 2 heterocycles. The van der Waals surface area contributed by atoms with Crippen LogP contribution in [0, 0.1) is 5.41 Å². The highest BCUT2D eigenvalue weighted by atomic mass is 19.4. The van der Waals surface area contributed by atoms with Gasteiger partial charge in [-0.1, -0.05) is 12.1 Å². The van der Waals surface area contributed by atoms with Crippen LogP contribution in [0.4, 0.5) is 25.9 Å². The van der Waals surface area contributed by atoms with Crippen LogP contribution < -0.4 is 9.41 Å². The number of rotatable bonds is 10. The van der Waals surface area contributed by atoms with E-state index >= 15 is 0 Å². The topological polar surface area (TPSA) is 65.6 Å². The maximum atomic E-state index is 12.7. The second kappa shape index (κ2) is 19.6. The fraction of sp³-hybridized carbons (Fsp3) is 0.478. The van der Waals surface area contributed by atoms with Crippen LogP contribution in [0.1, 0.15) is 27.6 Å². The van der Waals surface area contributed by atoms with Gasteiger partial charge < -0.3 is 38.5 Å². The largest absolute Gasteiger partial charge is 1.00 e. The third kappa shape index (κ3) is 15.8. The Morgan fingerprint density at radius 2 is 1.17 bits per heavy atom. The number of ether oxygens (including phenoxy) is 2. The van der Waals surface area contributed by atoms with Crippen molar-refractivity contribution in [1.82, 2.24) is 19.6 Å². The van der Waals surface area contributed by atoms with Crippen LogP contribution in [0.25, 0.3) is 0 Å². The van der Waals surface area contributed by atoms with E-state index < -0.39 is 26.5 Å². The maximum absolute atomic E-state index is 12.7. The molecule has 0 atom stereocenters. The van der Waals surface area contributed by atoms with Crippen molar-refractivity contribution in [2.24, 2.45) is 5.41 Å².